The standard InChI is InChI=1S/C25H26N2O4/c1-3-4-9-23-26-15-22(21(14-24(28)29)20-8-6-5-7-17(20)2)27(23)16-18-10-12-19(13-11-18)25(30)31/h5-8,10-15H,3-4,9,16H2,1-2H3,(H,28,29)(H,30,31)/b21-14-. The molecule has 0 aliphatic carbocycles. The summed E-state index contributed by atoms with van der Waals surface area (Å²) in [6, 6.07) is 14.4. The smallest absolute Gasteiger partial charge is 0.335 e. The van der Waals surface area contributed by atoms with Gasteiger partial charge in [-0.3, -0.25) is 0 Å². The summed E-state index contributed by atoms with van der Waals surface area (Å²) in [5.74, 6) is -1.11. The SMILES string of the molecule is CCCCc1ncc(/C(=C\C(=O)O)c2ccccc2C)n1Cc1ccc(C(=O)O)cc1. The molecule has 0 radical (unpaired) electrons. The zero-order valence-electron chi connectivity index (χ0n) is 17.7. The first-order chi connectivity index (χ1) is 14.9. The minimum Gasteiger partial charge on any atom is -0.478 e. The van der Waals surface area contributed by atoms with Crippen molar-refractivity contribution < 1.29 is 19.8 Å². The molecule has 0 unspecified atom stereocenters. The maximum absolute atomic E-state index is 11.7. The van der Waals surface area contributed by atoms with E-state index in [9.17, 15) is 14.7 Å². The van der Waals surface area contributed by atoms with Crippen LogP contribution >= 0.6 is 0 Å². The van der Waals surface area contributed by atoms with Crippen molar-refractivity contribution in [3.05, 3.63) is 94.6 Å². The number of carboxylic acids is 2. The molecular formula is C25H26N2O4. The number of nitrogens with zero attached hydrogens (tertiary/aromatic N) is 2. The second-order valence-electron chi connectivity index (χ2n) is 7.46. The van der Waals surface area contributed by atoms with Gasteiger partial charge in [-0.2, -0.15) is 0 Å². The summed E-state index contributed by atoms with van der Waals surface area (Å²) in [6.45, 7) is 4.54. The second kappa shape index (κ2) is 9.89. The highest BCUT2D eigenvalue weighted by atomic mass is 16.4. The molecule has 0 spiro atoms. The van der Waals surface area contributed by atoms with Crippen LogP contribution in [-0.4, -0.2) is 31.7 Å². The molecule has 1 heterocycles. The zero-order chi connectivity index (χ0) is 22.4. The Kier molecular flexibility index (Phi) is 7.03. The number of imidazole rings is 1. The summed E-state index contributed by atoms with van der Waals surface area (Å²) in [6.07, 6.45) is 5.73. The second-order valence-corrected chi connectivity index (χ2v) is 7.46. The molecule has 0 amide bonds. The van der Waals surface area contributed by atoms with Crippen LogP contribution in [0.15, 0.2) is 60.8 Å². The van der Waals surface area contributed by atoms with Crippen molar-refractivity contribution in [2.24, 2.45) is 0 Å². The van der Waals surface area contributed by atoms with Gasteiger partial charge in [-0.15, -0.1) is 0 Å². The van der Waals surface area contributed by atoms with Crippen molar-refractivity contribution in [2.75, 3.05) is 0 Å². The highest BCUT2D eigenvalue weighted by Gasteiger charge is 2.18. The van der Waals surface area contributed by atoms with E-state index in [0.717, 1.165) is 47.5 Å². The molecule has 0 bridgehead atoms. The average molecular weight is 418 g/mol. The Morgan fingerprint density at radius 1 is 1.06 bits per heavy atom. The van der Waals surface area contributed by atoms with E-state index in [-0.39, 0.29) is 5.56 Å². The Labute approximate surface area is 181 Å². The average Bonchev–Trinajstić information content (AvgIpc) is 3.13. The van der Waals surface area contributed by atoms with Crippen LogP contribution in [0, 0.1) is 6.92 Å². The number of aliphatic carboxylic acids is 1. The number of unbranched alkanes of at least 4 members (excludes halogenated alkanes) is 1. The van der Waals surface area contributed by atoms with E-state index in [1.807, 2.05) is 35.8 Å². The molecule has 2 N–H and O–H groups in total. The van der Waals surface area contributed by atoms with E-state index in [1.54, 1.807) is 30.5 Å². The third kappa shape index (κ3) is 5.28. The van der Waals surface area contributed by atoms with E-state index in [0.29, 0.717) is 12.1 Å². The van der Waals surface area contributed by atoms with Crippen LogP contribution in [0.25, 0.3) is 5.57 Å². The zero-order valence-corrected chi connectivity index (χ0v) is 17.7. The summed E-state index contributed by atoms with van der Waals surface area (Å²) in [7, 11) is 0. The summed E-state index contributed by atoms with van der Waals surface area (Å²) >= 11 is 0. The number of hydrogen-bond acceptors (Lipinski definition) is 3. The van der Waals surface area contributed by atoms with E-state index >= 15 is 0 Å². The monoisotopic (exact) mass is 418 g/mol. The van der Waals surface area contributed by atoms with E-state index in [2.05, 4.69) is 11.9 Å². The fourth-order valence-corrected chi connectivity index (χ4v) is 3.56. The molecule has 31 heavy (non-hydrogen) atoms. The molecule has 0 aliphatic heterocycles. The van der Waals surface area contributed by atoms with Gasteiger partial charge >= 0.3 is 11.9 Å². The van der Waals surface area contributed by atoms with Gasteiger partial charge in [0, 0.05) is 24.6 Å². The largest absolute Gasteiger partial charge is 0.478 e. The van der Waals surface area contributed by atoms with Crippen molar-refractivity contribution in [3.63, 3.8) is 0 Å². The molecule has 6 heteroatoms. The van der Waals surface area contributed by atoms with Crippen LogP contribution < -0.4 is 0 Å². The molecule has 0 fully saturated rings. The van der Waals surface area contributed by atoms with Crippen molar-refractivity contribution in [1.82, 2.24) is 9.55 Å². The number of rotatable bonds is 9. The first-order valence-corrected chi connectivity index (χ1v) is 10.3. The van der Waals surface area contributed by atoms with E-state index in [4.69, 9.17) is 5.11 Å². The lowest BCUT2D eigenvalue weighted by atomic mass is 9.97. The third-order valence-corrected chi connectivity index (χ3v) is 5.21. The topological polar surface area (TPSA) is 92.4 Å². The molecule has 0 saturated heterocycles. The van der Waals surface area contributed by atoms with Crippen LogP contribution in [0.4, 0.5) is 0 Å². The molecule has 0 atom stereocenters. The Bertz CT molecular complexity index is 1110. The molecule has 2 aromatic carbocycles. The summed E-state index contributed by atoms with van der Waals surface area (Å²) in [5.41, 5.74) is 4.29. The van der Waals surface area contributed by atoms with Gasteiger partial charge in [0.05, 0.1) is 17.5 Å². The van der Waals surface area contributed by atoms with E-state index in [1.165, 1.54) is 6.08 Å². The fraction of sp³-hybridized carbons (Fsp3) is 0.240. The van der Waals surface area contributed by atoms with Gasteiger partial charge in [-0.05, 0) is 42.2 Å². The Hall–Kier alpha value is -3.67. The maximum atomic E-state index is 11.7. The third-order valence-electron chi connectivity index (χ3n) is 5.21. The fourth-order valence-electron chi connectivity index (χ4n) is 3.56. The number of aromatic carboxylic acids is 1. The van der Waals surface area contributed by atoms with E-state index < -0.39 is 11.9 Å². The lowest BCUT2D eigenvalue weighted by Gasteiger charge is -2.16. The van der Waals surface area contributed by atoms with Gasteiger partial charge in [0.15, 0.2) is 0 Å². The van der Waals surface area contributed by atoms with Gasteiger partial charge in [0.25, 0.3) is 0 Å². The van der Waals surface area contributed by atoms with Crippen LogP contribution in [0.1, 0.15) is 58.3 Å². The number of carboxylic acid groups (broad SMARTS) is 2. The van der Waals surface area contributed by atoms with Crippen LogP contribution in [0.3, 0.4) is 0 Å². The molecule has 0 saturated carbocycles. The molecule has 6 nitrogen and oxygen atoms in total. The van der Waals surface area contributed by atoms with Crippen LogP contribution in [-0.2, 0) is 17.8 Å². The molecule has 3 rings (SSSR count). The predicted molar refractivity (Wildman–Crippen MR) is 119 cm³/mol. The van der Waals surface area contributed by atoms with Crippen molar-refractivity contribution >= 4 is 17.5 Å². The van der Waals surface area contributed by atoms with Crippen LogP contribution in [0.5, 0.6) is 0 Å². The van der Waals surface area contributed by atoms with Gasteiger partial charge in [-0.25, -0.2) is 14.6 Å². The van der Waals surface area contributed by atoms with Gasteiger partial charge in [0.2, 0.25) is 0 Å². The van der Waals surface area contributed by atoms with Crippen molar-refractivity contribution in [2.45, 2.75) is 39.7 Å². The number of aromatic nitrogens is 2. The normalized spacial score (nSPS) is 11.5. The van der Waals surface area contributed by atoms with Gasteiger partial charge in [-0.1, -0.05) is 49.7 Å². The molecule has 0 aliphatic rings. The number of hydrogen-bond donors (Lipinski definition) is 2. The molecule has 3 aromatic rings. The van der Waals surface area contributed by atoms with Crippen LogP contribution in [0.2, 0.25) is 0 Å². The summed E-state index contributed by atoms with van der Waals surface area (Å²) < 4.78 is 2.03. The Balaban J connectivity index is 2.10. The lowest BCUT2D eigenvalue weighted by molar-refractivity contribution is -0.131. The maximum Gasteiger partial charge on any atom is 0.335 e. The minimum atomic E-state index is -1.02. The molecule has 160 valence electrons. The number of benzene rings is 2. The first kappa shape index (κ1) is 22.0. The summed E-state index contributed by atoms with van der Waals surface area (Å²) in [4.78, 5) is 27.4. The minimum absolute atomic E-state index is 0.229. The van der Waals surface area contributed by atoms with Crippen molar-refractivity contribution in [1.29, 1.82) is 0 Å². The van der Waals surface area contributed by atoms with Crippen molar-refractivity contribution in [3.8, 4) is 0 Å². The Morgan fingerprint density at radius 3 is 2.39 bits per heavy atom. The molecule has 1 aromatic heterocycles. The first-order valence-electron chi connectivity index (χ1n) is 10.3. The highest BCUT2D eigenvalue weighted by Crippen LogP contribution is 2.28. The molecular weight excluding hydrogens is 392 g/mol. The predicted octanol–water partition coefficient (Wildman–Crippen LogP) is 4.80. The lowest BCUT2D eigenvalue weighted by Crippen LogP contribution is -2.10. The number of aryl methyl sites for hydroxylation is 2. The Morgan fingerprint density at radius 2 is 1.77 bits per heavy atom. The quantitative estimate of drug-likeness (QED) is 0.487. The van der Waals surface area contributed by atoms with Gasteiger partial charge < -0.3 is 14.8 Å². The summed E-state index contributed by atoms with van der Waals surface area (Å²) in [5, 5.41) is 18.7. The highest BCUT2D eigenvalue weighted by molar-refractivity contribution is 5.95. The van der Waals surface area contributed by atoms with Gasteiger partial charge in [0.1, 0.15) is 5.82 Å². The number of carbonyl (C=O) groups is 2.